The normalized spacial score (nSPS) is 12.8. The van der Waals surface area contributed by atoms with Gasteiger partial charge in [0.15, 0.2) is 0 Å². The number of rotatable bonds is 7. The predicted octanol–water partition coefficient (Wildman–Crippen LogP) is 4.12. The van der Waals surface area contributed by atoms with Crippen LogP contribution in [0.25, 0.3) is 0 Å². The van der Waals surface area contributed by atoms with Gasteiger partial charge in [-0.2, -0.15) is 0 Å². The molecule has 0 spiro atoms. The highest BCUT2D eigenvalue weighted by molar-refractivity contribution is 5.35. The van der Waals surface area contributed by atoms with Gasteiger partial charge in [0, 0.05) is 0 Å². The Labute approximate surface area is 109 Å². The lowest BCUT2D eigenvalue weighted by Gasteiger charge is -2.11. The number of aromatic hydroxyl groups is 1. The number of hydrogen-bond donors (Lipinski definition) is 2. The first-order valence-electron chi connectivity index (χ1n) is 6.47. The van der Waals surface area contributed by atoms with Crippen LogP contribution < -0.4 is 0 Å². The van der Waals surface area contributed by atoms with Crippen LogP contribution in [0.4, 0.5) is 0 Å². The monoisotopic (exact) mass is 246 g/mol. The third kappa shape index (κ3) is 4.76. The number of benzene rings is 1. The lowest BCUT2D eigenvalue weighted by atomic mass is 10.0. The van der Waals surface area contributed by atoms with Gasteiger partial charge in [0.1, 0.15) is 11.9 Å². The minimum Gasteiger partial charge on any atom is -0.508 e. The van der Waals surface area contributed by atoms with Crippen LogP contribution in [0.5, 0.6) is 5.75 Å². The van der Waals surface area contributed by atoms with E-state index < -0.39 is 6.10 Å². The van der Waals surface area contributed by atoms with Crippen LogP contribution >= 0.6 is 0 Å². The molecule has 1 aromatic rings. The van der Waals surface area contributed by atoms with Crippen molar-refractivity contribution in [1.29, 1.82) is 0 Å². The second-order valence-corrected chi connectivity index (χ2v) is 4.47. The summed E-state index contributed by atoms with van der Waals surface area (Å²) in [6, 6.07) is 6.63. The number of allylic oxidation sites excluding steroid dienone is 1. The van der Waals surface area contributed by atoms with Crippen LogP contribution in [0, 0.1) is 0 Å². The Bertz CT molecular complexity index is 407. The lowest BCUT2D eigenvalue weighted by Crippen LogP contribution is -1.98. The summed E-state index contributed by atoms with van der Waals surface area (Å²) in [5.41, 5.74) is 1.32. The third-order valence-corrected chi connectivity index (χ3v) is 2.84. The van der Waals surface area contributed by atoms with E-state index in [9.17, 15) is 10.2 Å². The molecule has 0 fully saturated rings. The number of phenolic OH excluding ortho intramolecular Hbond substituents is 1. The molecule has 0 aromatic heterocycles. The maximum absolute atomic E-state index is 10.1. The fraction of sp³-hybridized carbons (Fsp3) is 0.375. The van der Waals surface area contributed by atoms with E-state index in [1.165, 1.54) is 19.3 Å². The van der Waals surface area contributed by atoms with Crippen molar-refractivity contribution in [2.24, 2.45) is 0 Å². The standard InChI is InChI=1S/C16H22O2/c1-3-4-5-6-7-9-13(2)16(18)14-10-8-11-15(17)12-14/h7-12,16-18H,2-6H2,1H3/b9-7-. The van der Waals surface area contributed by atoms with Crippen LogP contribution in [-0.2, 0) is 0 Å². The Kier molecular flexibility index (Phi) is 6.23. The van der Waals surface area contributed by atoms with Gasteiger partial charge in [-0.05, 0) is 36.1 Å². The summed E-state index contributed by atoms with van der Waals surface area (Å²) in [6.45, 7) is 6.03. The van der Waals surface area contributed by atoms with E-state index in [0.29, 0.717) is 11.1 Å². The van der Waals surface area contributed by atoms with Gasteiger partial charge in [0.2, 0.25) is 0 Å². The maximum atomic E-state index is 10.1. The number of hydrogen-bond acceptors (Lipinski definition) is 2. The lowest BCUT2D eigenvalue weighted by molar-refractivity contribution is 0.219. The Balaban J connectivity index is 2.51. The first-order chi connectivity index (χ1) is 8.65. The van der Waals surface area contributed by atoms with Crippen LogP contribution in [-0.4, -0.2) is 10.2 Å². The Morgan fingerprint density at radius 2 is 2.17 bits per heavy atom. The topological polar surface area (TPSA) is 40.5 Å². The zero-order valence-electron chi connectivity index (χ0n) is 11.0. The molecule has 0 aliphatic heterocycles. The summed E-state index contributed by atoms with van der Waals surface area (Å²) in [7, 11) is 0. The van der Waals surface area contributed by atoms with Crippen LogP contribution in [0.3, 0.4) is 0 Å². The quantitative estimate of drug-likeness (QED) is 0.561. The molecule has 1 unspecified atom stereocenters. The number of phenols is 1. The largest absolute Gasteiger partial charge is 0.508 e. The van der Waals surface area contributed by atoms with E-state index >= 15 is 0 Å². The highest BCUT2D eigenvalue weighted by atomic mass is 16.3. The zero-order chi connectivity index (χ0) is 13.4. The van der Waals surface area contributed by atoms with E-state index in [4.69, 9.17) is 0 Å². The molecule has 98 valence electrons. The highest BCUT2D eigenvalue weighted by Gasteiger charge is 2.09. The number of aliphatic hydroxyl groups is 1. The summed E-state index contributed by atoms with van der Waals surface area (Å²) in [4.78, 5) is 0. The summed E-state index contributed by atoms with van der Waals surface area (Å²) in [6.07, 6.45) is 7.78. The first kappa shape index (κ1) is 14.5. The molecule has 0 radical (unpaired) electrons. The third-order valence-electron chi connectivity index (χ3n) is 2.84. The van der Waals surface area contributed by atoms with Gasteiger partial charge in [-0.25, -0.2) is 0 Å². The molecule has 0 aliphatic rings. The molecular weight excluding hydrogens is 224 g/mol. The molecule has 2 N–H and O–H groups in total. The van der Waals surface area contributed by atoms with Crippen molar-refractivity contribution in [3.05, 3.63) is 54.1 Å². The average Bonchev–Trinajstić information content (AvgIpc) is 2.37. The average molecular weight is 246 g/mol. The zero-order valence-corrected chi connectivity index (χ0v) is 11.0. The van der Waals surface area contributed by atoms with E-state index in [0.717, 1.165) is 6.42 Å². The molecule has 18 heavy (non-hydrogen) atoms. The van der Waals surface area contributed by atoms with Crippen molar-refractivity contribution in [2.45, 2.75) is 38.7 Å². The molecule has 2 nitrogen and oxygen atoms in total. The second-order valence-electron chi connectivity index (χ2n) is 4.47. The van der Waals surface area contributed by atoms with Gasteiger partial charge >= 0.3 is 0 Å². The minimum atomic E-state index is -0.750. The van der Waals surface area contributed by atoms with Crippen molar-refractivity contribution in [3.8, 4) is 5.75 Å². The molecule has 0 saturated carbocycles. The summed E-state index contributed by atoms with van der Waals surface area (Å²) in [5.74, 6) is 0.159. The molecule has 1 atom stereocenters. The highest BCUT2D eigenvalue weighted by Crippen LogP contribution is 2.24. The van der Waals surface area contributed by atoms with Crippen molar-refractivity contribution < 1.29 is 10.2 Å². The van der Waals surface area contributed by atoms with Gasteiger partial charge in [-0.15, -0.1) is 0 Å². The summed E-state index contributed by atoms with van der Waals surface area (Å²) in [5, 5.41) is 19.4. The molecule has 0 heterocycles. The van der Waals surface area contributed by atoms with Gasteiger partial charge in [0.25, 0.3) is 0 Å². The van der Waals surface area contributed by atoms with Gasteiger partial charge in [-0.1, -0.05) is 50.6 Å². The van der Waals surface area contributed by atoms with Gasteiger partial charge in [-0.3, -0.25) is 0 Å². The van der Waals surface area contributed by atoms with Crippen LogP contribution in [0.15, 0.2) is 48.6 Å². The second kappa shape index (κ2) is 7.72. The molecular formula is C16H22O2. The Morgan fingerprint density at radius 3 is 2.83 bits per heavy atom. The SMILES string of the molecule is C=C(/C=C\CCCCC)C(O)c1cccc(O)c1. The van der Waals surface area contributed by atoms with Gasteiger partial charge in [0.05, 0.1) is 0 Å². The smallest absolute Gasteiger partial charge is 0.115 e. The van der Waals surface area contributed by atoms with E-state index in [1.807, 2.05) is 12.2 Å². The summed E-state index contributed by atoms with van der Waals surface area (Å²) < 4.78 is 0. The Morgan fingerprint density at radius 1 is 1.39 bits per heavy atom. The molecule has 0 bridgehead atoms. The fourth-order valence-corrected chi connectivity index (χ4v) is 1.75. The van der Waals surface area contributed by atoms with E-state index in [2.05, 4.69) is 13.5 Å². The molecule has 1 aromatic carbocycles. The summed E-state index contributed by atoms with van der Waals surface area (Å²) >= 11 is 0. The van der Waals surface area contributed by atoms with Crippen LogP contribution in [0.2, 0.25) is 0 Å². The molecule has 1 rings (SSSR count). The fourth-order valence-electron chi connectivity index (χ4n) is 1.75. The van der Waals surface area contributed by atoms with Gasteiger partial charge < -0.3 is 10.2 Å². The molecule has 0 amide bonds. The molecule has 0 saturated heterocycles. The minimum absolute atomic E-state index is 0.159. The number of aliphatic hydroxyl groups excluding tert-OH is 1. The number of unbranched alkanes of at least 4 members (excludes halogenated alkanes) is 3. The predicted molar refractivity (Wildman–Crippen MR) is 75.5 cm³/mol. The van der Waals surface area contributed by atoms with Crippen molar-refractivity contribution in [2.75, 3.05) is 0 Å². The molecule has 0 aliphatic carbocycles. The van der Waals surface area contributed by atoms with Crippen molar-refractivity contribution in [3.63, 3.8) is 0 Å². The molecule has 2 heteroatoms. The van der Waals surface area contributed by atoms with E-state index in [1.54, 1.807) is 24.3 Å². The van der Waals surface area contributed by atoms with Crippen molar-refractivity contribution >= 4 is 0 Å². The Hall–Kier alpha value is -1.54. The van der Waals surface area contributed by atoms with Crippen molar-refractivity contribution in [1.82, 2.24) is 0 Å². The van der Waals surface area contributed by atoms with E-state index in [-0.39, 0.29) is 5.75 Å². The van der Waals surface area contributed by atoms with Crippen LogP contribution in [0.1, 0.15) is 44.3 Å². The first-order valence-corrected chi connectivity index (χ1v) is 6.47. The maximum Gasteiger partial charge on any atom is 0.115 e.